The van der Waals surface area contributed by atoms with E-state index < -0.39 is 0 Å². The van der Waals surface area contributed by atoms with Crippen LogP contribution >= 0.6 is 11.6 Å². The molecule has 0 aliphatic rings. The second-order valence-corrected chi connectivity index (χ2v) is 9.61. The van der Waals surface area contributed by atoms with Gasteiger partial charge in [0, 0.05) is 28.3 Å². The fourth-order valence-electron chi connectivity index (χ4n) is 4.42. The normalized spacial score (nSPS) is 10.9. The number of amides is 1. The van der Waals surface area contributed by atoms with Gasteiger partial charge in [0.2, 0.25) is 0 Å². The summed E-state index contributed by atoms with van der Waals surface area (Å²) in [6, 6.07) is 28.7. The minimum Gasteiger partial charge on any atom is -0.494 e. The number of rotatable bonds is 10. The molecule has 5 rings (SSSR count). The maximum Gasteiger partial charge on any atom is 0.251 e. The van der Waals surface area contributed by atoms with Gasteiger partial charge in [-0.1, -0.05) is 23.7 Å². The summed E-state index contributed by atoms with van der Waals surface area (Å²) in [5, 5.41) is 3.69. The number of hydrogen-bond donors (Lipinski definition) is 1. The Balaban J connectivity index is 1.46. The highest BCUT2D eigenvalue weighted by molar-refractivity contribution is 6.30. The van der Waals surface area contributed by atoms with Crippen molar-refractivity contribution in [2.45, 2.75) is 20.3 Å². The van der Waals surface area contributed by atoms with Crippen molar-refractivity contribution in [1.29, 1.82) is 0 Å². The molecule has 0 aliphatic carbocycles. The van der Waals surface area contributed by atoms with Crippen molar-refractivity contribution in [3.05, 3.63) is 107 Å². The fourth-order valence-corrected chi connectivity index (χ4v) is 4.55. The molecule has 7 heteroatoms. The van der Waals surface area contributed by atoms with Gasteiger partial charge in [0.1, 0.15) is 11.5 Å². The SMILES string of the molecule is CCOc1ccc(-c2nc3ccc(C(=O)NCCc4ccc(Cl)cc4)cc3nc2-c2ccc(OCC)cc2)cc1. The lowest BCUT2D eigenvalue weighted by atomic mass is 10.0. The molecule has 0 unspecified atom stereocenters. The molecule has 5 aromatic rings. The van der Waals surface area contributed by atoms with Crippen LogP contribution in [0.5, 0.6) is 11.5 Å². The van der Waals surface area contributed by atoms with Gasteiger partial charge in [-0.05, 0) is 105 Å². The van der Waals surface area contributed by atoms with Gasteiger partial charge < -0.3 is 14.8 Å². The molecule has 0 aliphatic heterocycles. The standard InChI is InChI=1S/C33H30ClN3O3/c1-3-39-27-14-7-23(8-15-27)31-32(24-9-16-28(17-10-24)40-4-2)37-30-21-25(11-18-29(30)36-31)33(38)35-20-19-22-5-12-26(34)13-6-22/h5-18,21H,3-4,19-20H2,1-2H3,(H,35,38). The Labute approximate surface area is 239 Å². The van der Waals surface area contributed by atoms with Crippen LogP contribution in [0.2, 0.25) is 5.02 Å². The predicted molar refractivity (Wildman–Crippen MR) is 160 cm³/mol. The quantitative estimate of drug-likeness (QED) is 0.196. The molecule has 6 nitrogen and oxygen atoms in total. The molecule has 1 aromatic heterocycles. The summed E-state index contributed by atoms with van der Waals surface area (Å²) in [6.45, 7) is 5.62. The van der Waals surface area contributed by atoms with Crippen LogP contribution in [0.1, 0.15) is 29.8 Å². The first-order valence-electron chi connectivity index (χ1n) is 13.3. The molecule has 0 fully saturated rings. The number of hydrogen-bond acceptors (Lipinski definition) is 5. The first kappa shape index (κ1) is 27.2. The summed E-state index contributed by atoms with van der Waals surface area (Å²) in [4.78, 5) is 23.0. The van der Waals surface area contributed by atoms with Crippen molar-refractivity contribution in [1.82, 2.24) is 15.3 Å². The second kappa shape index (κ2) is 12.6. The van der Waals surface area contributed by atoms with E-state index in [-0.39, 0.29) is 5.91 Å². The number of fused-ring (bicyclic) bond motifs is 1. The molecule has 202 valence electrons. The molecule has 0 saturated carbocycles. The van der Waals surface area contributed by atoms with Crippen LogP contribution < -0.4 is 14.8 Å². The maximum atomic E-state index is 13.0. The van der Waals surface area contributed by atoms with E-state index in [9.17, 15) is 4.79 Å². The smallest absolute Gasteiger partial charge is 0.251 e. The summed E-state index contributed by atoms with van der Waals surface area (Å²) in [7, 11) is 0. The number of nitrogens with one attached hydrogen (secondary N) is 1. The Morgan fingerprint density at radius 3 is 1.82 bits per heavy atom. The summed E-state index contributed by atoms with van der Waals surface area (Å²) in [5.41, 5.74) is 6.28. The Hall–Kier alpha value is -4.42. The molecular weight excluding hydrogens is 522 g/mol. The maximum absolute atomic E-state index is 13.0. The van der Waals surface area contributed by atoms with E-state index in [4.69, 9.17) is 31.0 Å². The lowest BCUT2D eigenvalue weighted by Gasteiger charge is -2.13. The van der Waals surface area contributed by atoms with Crippen molar-refractivity contribution < 1.29 is 14.3 Å². The first-order valence-corrected chi connectivity index (χ1v) is 13.7. The molecule has 1 N–H and O–H groups in total. The van der Waals surface area contributed by atoms with Crippen LogP contribution in [0.4, 0.5) is 0 Å². The van der Waals surface area contributed by atoms with Gasteiger partial charge in [-0.15, -0.1) is 0 Å². The van der Waals surface area contributed by atoms with E-state index in [2.05, 4.69) is 5.32 Å². The lowest BCUT2D eigenvalue weighted by molar-refractivity contribution is 0.0954. The summed E-state index contributed by atoms with van der Waals surface area (Å²) < 4.78 is 11.2. The van der Waals surface area contributed by atoms with Crippen LogP contribution in [-0.4, -0.2) is 35.6 Å². The monoisotopic (exact) mass is 551 g/mol. The largest absolute Gasteiger partial charge is 0.494 e. The van der Waals surface area contributed by atoms with E-state index >= 15 is 0 Å². The number of ether oxygens (including phenoxy) is 2. The van der Waals surface area contributed by atoms with E-state index in [1.807, 2.05) is 92.7 Å². The second-order valence-electron chi connectivity index (χ2n) is 9.17. The minimum atomic E-state index is -0.157. The number of aromatic nitrogens is 2. The van der Waals surface area contributed by atoms with Crippen LogP contribution in [-0.2, 0) is 6.42 Å². The Bertz CT molecular complexity index is 1600. The van der Waals surface area contributed by atoms with Gasteiger partial charge in [0.25, 0.3) is 5.91 Å². The number of benzene rings is 4. The van der Waals surface area contributed by atoms with Gasteiger partial charge >= 0.3 is 0 Å². The van der Waals surface area contributed by atoms with E-state index in [0.29, 0.717) is 47.8 Å². The van der Waals surface area contributed by atoms with Crippen LogP contribution in [0.3, 0.4) is 0 Å². The van der Waals surface area contributed by atoms with Gasteiger partial charge in [-0.2, -0.15) is 0 Å². The average Bonchev–Trinajstić information content (AvgIpc) is 2.98. The van der Waals surface area contributed by atoms with E-state index in [0.717, 1.165) is 39.6 Å². The number of carbonyl (C=O) groups excluding carboxylic acids is 1. The van der Waals surface area contributed by atoms with Crippen LogP contribution in [0.25, 0.3) is 33.5 Å². The zero-order valence-corrected chi connectivity index (χ0v) is 23.2. The summed E-state index contributed by atoms with van der Waals surface area (Å²) >= 11 is 5.96. The number of nitrogens with zero attached hydrogens (tertiary/aromatic N) is 2. The molecule has 1 amide bonds. The average molecular weight is 552 g/mol. The molecule has 4 aromatic carbocycles. The third kappa shape index (κ3) is 6.41. The highest BCUT2D eigenvalue weighted by Gasteiger charge is 2.15. The summed E-state index contributed by atoms with van der Waals surface area (Å²) in [5.74, 6) is 1.44. The van der Waals surface area contributed by atoms with Crippen LogP contribution in [0, 0.1) is 0 Å². The van der Waals surface area contributed by atoms with Gasteiger partial charge in [-0.25, -0.2) is 9.97 Å². The van der Waals surface area contributed by atoms with Crippen molar-refractivity contribution in [2.24, 2.45) is 0 Å². The minimum absolute atomic E-state index is 0.157. The Kier molecular flexibility index (Phi) is 8.57. The molecule has 40 heavy (non-hydrogen) atoms. The molecule has 0 radical (unpaired) electrons. The molecule has 1 heterocycles. The molecule has 0 saturated heterocycles. The Morgan fingerprint density at radius 2 is 1.27 bits per heavy atom. The van der Waals surface area contributed by atoms with Crippen molar-refractivity contribution in [3.8, 4) is 34.0 Å². The molecule has 0 atom stereocenters. The van der Waals surface area contributed by atoms with Crippen LogP contribution in [0.15, 0.2) is 91.0 Å². The van der Waals surface area contributed by atoms with Crippen molar-refractivity contribution in [2.75, 3.05) is 19.8 Å². The first-order chi connectivity index (χ1) is 19.5. The highest BCUT2D eigenvalue weighted by Crippen LogP contribution is 2.33. The Morgan fingerprint density at radius 1 is 0.725 bits per heavy atom. The number of halogens is 1. The highest BCUT2D eigenvalue weighted by atomic mass is 35.5. The predicted octanol–water partition coefficient (Wildman–Crippen LogP) is 7.39. The van der Waals surface area contributed by atoms with Crippen molar-refractivity contribution in [3.63, 3.8) is 0 Å². The van der Waals surface area contributed by atoms with Gasteiger partial charge in [0.15, 0.2) is 0 Å². The summed E-state index contributed by atoms with van der Waals surface area (Å²) in [6.07, 6.45) is 0.712. The molecule has 0 bridgehead atoms. The third-order valence-corrected chi connectivity index (χ3v) is 6.67. The van der Waals surface area contributed by atoms with E-state index in [1.54, 1.807) is 12.1 Å². The van der Waals surface area contributed by atoms with Gasteiger partial charge in [0.05, 0.1) is 35.6 Å². The fraction of sp³-hybridized carbons (Fsp3) is 0.182. The van der Waals surface area contributed by atoms with Gasteiger partial charge in [-0.3, -0.25) is 4.79 Å². The topological polar surface area (TPSA) is 73.3 Å². The zero-order chi connectivity index (χ0) is 27.9. The van der Waals surface area contributed by atoms with Crippen molar-refractivity contribution >= 4 is 28.5 Å². The lowest BCUT2D eigenvalue weighted by Crippen LogP contribution is -2.25. The molecular formula is C33H30ClN3O3. The zero-order valence-electron chi connectivity index (χ0n) is 22.5. The molecule has 0 spiro atoms. The number of carbonyl (C=O) groups is 1. The third-order valence-electron chi connectivity index (χ3n) is 6.42. The van der Waals surface area contributed by atoms with E-state index in [1.165, 1.54) is 0 Å².